The van der Waals surface area contributed by atoms with Crippen LogP contribution in [0.25, 0.3) is 0 Å². The summed E-state index contributed by atoms with van der Waals surface area (Å²) in [5, 5.41) is 0. The number of aryl methyl sites for hydroxylation is 1. The van der Waals surface area contributed by atoms with E-state index in [0.717, 1.165) is 12.0 Å². The summed E-state index contributed by atoms with van der Waals surface area (Å²) in [5.74, 6) is -1.73. The van der Waals surface area contributed by atoms with E-state index < -0.39 is 24.3 Å². The van der Waals surface area contributed by atoms with E-state index in [0.29, 0.717) is 29.9 Å². The van der Waals surface area contributed by atoms with Crippen LogP contribution in [0.5, 0.6) is 0 Å². The number of aromatic nitrogens is 1. The highest BCUT2D eigenvalue weighted by Crippen LogP contribution is 2.21. The molecule has 1 saturated heterocycles. The van der Waals surface area contributed by atoms with Gasteiger partial charge in [-0.15, -0.1) is 0 Å². The van der Waals surface area contributed by atoms with Crippen molar-refractivity contribution in [1.82, 2.24) is 9.88 Å². The van der Waals surface area contributed by atoms with Gasteiger partial charge in [0.2, 0.25) is 11.7 Å². The first-order chi connectivity index (χ1) is 14.3. The highest BCUT2D eigenvalue weighted by Gasteiger charge is 2.35. The number of rotatable bonds is 8. The largest absolute Gasteiger partial charge is 0.457 e. The van der Waals surface area contributed by atoms with Crippen LogP contribution in [0.1, 0.15) is 51.0 Å². The Kier molecular flexibility index (Phi) is 6.50. The summed E-state index contributed by atoms with van der Waals surface area (Å²) in [4.78, 5) is 53.4. The molecule has 7 nitrogen and oxygen atoms in total. The number of amides is 1. The van der Waals surface area contributed by atoms with E-state index in [1.807, 2.05) is 30.3 Å². The number of carbonyl (C=O) groups is 4. The molecule has 30 heavy (non-hydrogen) atoms. The monoisotopic (exact) mass is 410 g/mol. The molecule has 1 amide bonds. The number of likely N-dealkylation sites (tertiary alicyclic amines) is 1. The summed E-state index contributed by atoms with van der Waals surface area (Å²) in [6, 6.07) is 9.84. The van der Waals surface area contributed by atoms with Crippen LogP contribution in [0, 0.1) is 19.8 Å². The van der Waals surface area contributed by atoms with Gasteiger partial charge in [-0.05, 0) is 38.3 Å². The first-order valence-electron chi connectivity index (χ1n) is 9.99. The molecule has 3 rings (SSSR count). The normalized spacial score (nSPS) is 16.0. The molecule has 0 radical (unpaired) electrons. The summed E-state index contributed by atoms with van der Waals surface area (Å²) in [5.41, 5.74) is 3.07. The Balaban J connectivity index is 1.53. The van der Waals surface area contributed by atoms with Gasteiger partial charge in [0.15, 0.2) is 12.4 Å². The lowest BCUT2D eigenvalue weighted by molar-refractivity contribution is -0.147. The average Bonchev–Trinajstić information content (AvgIpc) is 3.24. The van der Waals surface area contributed by atoms with Gasteiger partial charge in [-0.1, -0.05) is 30.3 Å². The van der Waals surface area contributed by atoms with E-state index in [1.54, 1.807) is 18.7 Å². The van der Waals surface area contributed by atoms with Gasteiger partial charge in [-0.25, -0.2) is 0 Å². The molecule has 1 aliphatic rings. The van der Waals surface area contributed by atoms with Gasteiger partial charge in [0.1, 0.15) is 0 Å². The minimum Gasteiger partial charge on any atom is -0.457 e. The molecule has 0 bridgehead atoms. The second kappa shape index (κ2) is 9.07. The Bertz CT molecular complexity index is 977. The molecule has 1 aromatic heterocycles. The zero-order valence-electron chi connectivity index (χ0n) is 17.5. The number of aromatic amines is 1. The number of hydrogen-bond donors (Lipinski definition) is 1. The fraction of sp³-hybridized carbons (Fsp3) is 0.391. The van der Waals surface area contributed by atoms with E-state index in [1.165, 1.54) is 6.92 Å². The number of carbonyl (C=O) groups excluding carboxylic acids is 4. The highest BCUT2D eigenvalue weighted by atomic mass is 16.5. The van der Waals surface area contributed by atoms with Crippen LogP contribution >= 0.6 is 0 Å². The maximum Gasteiger partial charge on any atom is 0.311 e. The molecule has 158 valence electrons. The SMILES string of the molecule is CC(=O)c1c(C)[nH]c(C(=O)COC(=O)[C@@H]2CC(=O)N(CCc3ccccc3)C2)c1C. The third kappa shape index (κ3) is 4.67. The average molecular weight is 410 g/mol. The quantitative estimate of drug-likeness (QED) is 0.533. The Morgan fingerprint density at radius 3 is 2.50 bits per heavy atom. The van der Waals surface area contributed by atoms with Crippen molar-refractivity contribution < 1.29 is 23.9 Å². The van der Waals surface area contributed by atoms with Crippen molar-refractivity contribution in [2.75, 3.05) is 19.7 Å². The van der Waals surface area contributed by atoms with Crippen molar-refractivity contribution >= 4 is 23.4 Å². The van der Waals surface area contributed by atoms with Crippen LogP contribution < -0.4 is 0 Å². The number of esters is 1. The number of hydrogen-bond acceptors (Lipinski definition) is 5. The second-order valence-electron chi connectivity index (χ2n) is 7.69. The fourth-order valence-corrected chi connectivity index (χ4v) is 3.94. The standard InChI is InChI=1S/C23H26N2O5/c1-14-21(16(3)26)15(2)24-22(14)19(27)13-30-23(29)18-11-20(28)25(12-18)10-9-17-7-5-4-6-8-17/h4-8,18,24H,9-13H2,1-3H3/t18-/m1/s1. The molecule has 0 saturated carbocycles. The zero-order chi connectivity index (χ0) is 21.8. The molecule has 2 heterocycles. The molecule has 0 aliphatic carbocycles. The second-order valence-corrected chi connectivity index (χ2v) is 7.69. The molecule has 1 aliphatic heterocycles. The van der Waals surface area contributed by atoms with Crippen LogP contribution in [0.3, 0.4) is 0 Å². The fourth-order valence-electron chi connectivity index (χ4n) is 3.94. The van der Waals surface area contributed by atoms with Crippen LogP contribution in [-0.4, -0.2) is 53.0 Å². The van der Waals surface area contributed by atoms with Crippen molar-refractivity contribution in [2.45, 2.75) is 33.6 Å². The van der Waals surface area contributed by atoms with Gasteiger partial charge in [0, 0.05) is 30.8 Å². The van der Waals surface area contributed by atoms with Crippen molar-refractivity contribution in [3.63, 3.8) is 0 Å². The lowest BCUT2D eigenvalue weighted by Gasteiger charge is -2.16. The zero-order valence-corrected chi connectivity index (χ0v) is 17.5. The first kappa shape index (κ1) is 21.5. The smallest absolute Gasteiger partial charge is 0.311 e. The molecule has 1 fully saturated rings. The number of nitrogens with one attached hydrogen (secondary N) is 1. The topological polar surface area (TPSA) is 96.5 Å². The third-order valence-corrected chi connectivity index (χ3v) is 5.47. The minimum atomic E-state index is -0.569. The molecular formula is C23H26N2O5. The minimum absolute atomic E-state index is 0.0823. The molecule has 2 aromatic rings. The van der Waals surface area contributed by atoms with Crippen LogP contribution in [0.15, 0.2) is 30.3 Å². The van der Waals surface area contributed by atoms with E-state index in [2.05, 4.69) is 4.98 Å². The van der Waals surface area contributed by atoms with Gasteiger partial charge in [0.25, 0.3) is 0 Å². The molecule has 1 aromatic carbocycles. The summed E-state index contributed by atoms with van der Waals surface area (Å²) in [7, 11) is 0. The molecule has 1 atom stereocenters. The third-order valence-electron chi connectivity index (χ3n) is 5.47. The lowest BCUT2D eigenvalue weighted by Crippen LogP contribution is -2.29. The van der Waals surface area contributed by atoms with Gasteiger partial charge in [-0.2, -0.15) is 0 Å². The Hall–Kier alpha value is -3.22. The summed E-state index contributed by atoms with van der Waals surface area (Å²) < 4.78 is 5.19. The van der Waals surface area contributed by atoms with Gasteiger partial charge >= 0.3 is 5.97 Å². The number of benzene rings is 1. The lowest BCUT2D eigenvalue weighted by atomic mass is 10.1. The van der Waals surface area contributed by atoms with Crippen molar-refractivity contribution in [3.8, 4) is 0 Å². The Morgan fingerprint density at radius 2 is 1.87 bits per heavy atom. The molecule has 0 unspecified atom stereocenters. The van der Waals surface area contributed by atoms with Crippen LogP contribution in [0.4, 0.5) is 0 Å². The van der Waals surface area contributed by atoms with Crippen molar-refractivity contribution in [1.29, 1.82) is 0 Å². The van der Waals surface area contributed by atoms with Gasteiger partial charge in [0.05, 0.1) is 11.6 Å². The molecule has 0 spiro atoms. The molecule has 1 N–H and O–H groups in total. The summed E-state index contributed by atoms with van der Waals surface area (Å²) in [6.07, 6.45) is 0.813. The Morgan fingerprint density at radius 1 is 1.17 bits per heavy atom. The molecule has 7 heteroatoms. The van der Waals surface area contributed by atoms with Crippen molar-refractivity contribution in [3.05, 3.63) is 58.4 Å². The summed E-state index contributed by atoms with van der Waals surface area (Å²) in [6.45, 7) is 5.27. The summed E-state index contributed by atoms with van der Waals surface area (Å²) >= 11 is 0. The highest BCUT2D eigenvalue weighted by molar-refractivity contribution is 6.04. The maximum atomic E-state index is 12.5. The van der Waals surface area contributed by atoms with E-state index in [9.17, 15) is 19.2 Å². The number of ether oxygens (including phenoxy) is 1. The van der Waals surface area contributed by atoms with Crippen LogP contribution in [-0.2, 0) is 20.7 Å². The molecular weight excluding hydrogens is 384 g/mol. The number of H-pyrrole nitrogens is 1. The number of nitrogens with zero attached hydrogens (tertiary/aromatic N) is 1. The maximum absolute atomic E-state index is 12.5. The first-order valence-corrected chi connectivity index (χ1v) is 9.99. The van der Waals surface area contributed by atoms with E-state index in [4.69, 9.17) is 4.74 Å². The predicted molar refractivity (Wildman–Crippen MR) is 110 cm³/mol. The van der Waals surface area contributed by atoms with Gasteiger partial charge < -0.3 is 14.6 Å². The predicted octanol–water partition coefficient (Wildman–Crippen LogP) is 2.65. The number of Topliss-reactive ketones (excluding diaryl/α,β-unsaturated/α-hetero) is 2. The van der Waals surface area contributed by atoms with Crippen molar-refractivity contribution in [2.24, 2.45) is 5.92 Å². The van der Waals surface area contributed by atoms with E-state index >= 15 is 0 Å². The van der Waals surface area contributed by atoms with E-state index in [-0.39, 0.29) is 23.8 Å². The Labute approximate surface area is 175 Å². The van der Waals surface area contributed by atoms with Crippen LogP contribution in [0.2, 0.25) is 0 Å². The van der Waals surface area contributed by atoms with Gasteiger partial charge in [-0.3, -0.25) is 19.2 Å². The number of ketones is 2.